The summed E-state index contributed by atoms with van der Waals surface area (Å²) in [6.45, 7) is 0. The summed E-state index contributed by atoms with van der Waals surface area (Å²) < 4.78 is 77.2. The van der Waals surface area contributed by atoms with Crippen LogP contribution in [0, 0.1) is 0 Å². The van der Waals surface area contributed by atoms with Crippen molar-refractivity contribution >= 4 is 34.8 Å². The van der Waals surface area contributed by atoms with Crippen LogP contribution in [0.1, 0.15) is 11.3 Å². The third kappa shape index (κ3) is 3.84. The molecule has 23 heavy (non-hydrogen) atoms. The number of halogens is 9. The number of alkyl halides is 6. The zero-order valence-corrected chi connectivity index (χ0v) is 12.9. The molecule has 1 aromatic carbocycles. The van der Waals surface area contributed by atoms with Crippen LogP contribution >= 0.6 is 34.8 Å². The molecule has 0 atom stereocenters. The minimum absolute atomic E-state index is 0.0255. The third-order valence-corrected chi connectivity index (χ3v) is 3.80. The minimum Gasteiger partial charge on any atom is -0.251 e. The van der Waals surface area contributed by atoms with E-state index in [9.17, 15) is 26.3 Å². The van der Waals surface area contributed by atoms with E-state index in [1.54, 1.807) is 0 Å². The van der Waals surface area contributed by atoms with Gasteiger partial charge in [0.2, 0.25) is 0 Å². The predicted molar refractivity (Wildman–Crippen MR) is 74.7 cm³/mol. The lowest BCUT2D eigenvalue weighted by atomic mass is 10.0. The molecule has 1 aromatic heterocycles. The van der Waals surface area contributed by atoms with Crippen LogP contribution in [0.5, 0.6) is 0 Å². The van der Waals surface area contributed by atoms with E-state index >= 15 is 0 Å². The summed E-state index contributed by atoms with van der Waals surface area (Å²) in [7, 11) is 0. The highest BCUT2D eigenvalue weighted by atomic mass is 35.5. The smallest absolute Gasteiger partial charge is 0.251 e. The number of benzene rings is 1. The van der Waals surface area contributed by atoms with Crippen molar-refractivity contribution in [3.63, 3.8) is 0 Å². The van der Waals surface area contributed by atoms with Crippen molar-refractivity contribution in [2.75, 3.05) is 0 Å². The summed E-state index contributed by atoms with van der Waals surface area (Å²) in [6.07, 6.45) is -9.63. The molecule has 2 aromatic rings. The van der Waals surface area contributed by atoms with Crippen LogP contribution in [0.25, 0.3) is 11.1 Å². The van der Waals surface area contributed by atoms with Crippen LogP contribution in [-0.4, -0.2) is 4.98 Å². The standard InChI is InChI=1S/C13H4Cl3F6N/c14-5-1-6(11(16)9(15)2-5)7-4-23-10(13(20,21)22)3-8(7)12(17,18)19/h1-4H. The van der Waals surface area contributed by atoms with E-state index in [-0.39, 0.29) is 26.7 Å². The Morgan fingerprint density at radius 2 is 1.39 bits per heavy atom. The molecule has 0 aliphatic rings. The topological polar surface area (TPSA) is 12.9 Å². The maximum atomic E-state index is 13.1. The first-order valence-corrected chi connectivity index (χ1v) is 6.84. The molecule has 0 radical (unpaired) electrons. The largest absolute Gasteiger partial charge is 0.433 e. The van der Waals surface area contributed by atoms with Crippen LogP contribution in [0.3, 0.4) is 0 Å². The molecule has 0 fully saturated rings. The molecule has 0 amide bonds. The zero-order valence-electron chi connectivity index (χ0n) is 10.7. The van der Waals surface area contributed by atoms with Gasteiger partial charge in [-0.15, -0.1) is 0 Å². The third-order valence-electron chi connectivity index (χ3n) is 2.78. The van der Waals surface area contributed by atoms with Gasteiger partial charge in [-0.25, -0.2) is 0 Å². The first-order chi connectivity index (χ1) is 10.4. The molecule has 1 heterocycles. The van der Waals surface area contributed by atoms with Crippen molar-refractivity contribution in [3.05, 3.63) is 50.7 Å². The highest BCUT2D eigenvalue weighted by Crippen LogP contribution is 2.43. The normalized spacial score (nSPS) is 12.6. The lowest BCUT2D eigenvalue weighted by Gasteiger charge is -2.16. The molecule has 10 heteroatoms. The van der Waals surface area contributed by atoms with E-state index in [2.05, 4.69) is 4.98 Å². The highest BCUT2D eigenvalue weighted by molar-refractivity contribution is 6.45. The van der Waals surface area contributed by atoms with Crippen LogP contribution in [0.2, 0.25) is 15.1 Å². The van der Waals surface area contributed by atoms with Gasteiger partial charge in [0.05, 0.1) is 15.6 Å². The Kier molecular flexibility index (Phi) is 4.76. The van der Waals surface area contributed by atoms with Crippen LogP contribution < -0.4 is 0 Å². The van der Waals surface area contributed by atoms with Gasteiger partial charge in [-0.1, -0.05) is 34.8 Å². The van der Waals surface area contributed by atoms with E-state index in [0.717, 1.165) is 6.07 Å². The fourth-order valence-corrected chi connectivity index (χ4v) is 2.52. The second-order valence-electron chi connectivity index (χ2n) is 4.36. The summed E-state index contributed by atoms with van der Waals surface area (Å²) in [5, 5.41) is -0.437. The van der Waals surface area contributed by atoms with E-state index in [4.69, 9.17) is 34.8 Å². The Hall–Kier alpha value is -1.18. The molecule has 0 unspecified atom stereocenters. The molecule has 2 rings (SSSR count). The van der Waals surface area contributed by atoms with Crippen molar-refractivity contribution in [2.24, 2.45) is 0 Å². The molecule has 0 aliphatic carbocycles. The lowest BCUT2D eigenvalue weighted by molar-refractivity contribution is -0.145. The highest BCUT2D eigenvalue weighted by Gasteiger charge is 2.39. The van der Waals surface area contributed by atoms with Gasteiger partial charge < -0.3 is 0 Å². The molecule has 0 aliphatic heterocycles. The van der Waals surface area contributed by atoms with Gasteiger partial charge >= 0.3 is 12.4 Å². The minimum atomic E-state index is -5.06. The number of aromatic nitrogens is 1. The monoisotopic (exact) mass is 393 g/mol. The van der Waals surface area contributed by atoms with Crippen LogP contribution in [0.15, 0.2) is 24.4 Å². The second kappa shape index (κ2) is 6.03. The molecular formula is C13H4Cl3F6N. The zero-order chi connectivity index (χ0) is 17.6. The van der Waals surface area contributed by atoms with Gasteiger partial charge in [0.15, 0.2) is 0 Å². The number of nitrogens with zero attached hydrogens (tertiary/aromatic N) is 1. The SMILES string of the molecule is FC(F)(F)c1cc(C(F)(F)F)c(-c2cc(Cl)cc(Cl)c2Cl)cn1. The van der Waals surface area contributed by atoms with Crippen molar-refractivity contribution < 1.29 is 26.3 Å². The fraction of sp³-hybridized carbons (Fsp3) is 0.154. The molecular weight excluding hydrogens is 390 g/mol. The van der Waals surface area contributed by atoms with Gasteiger partial charge in [0, 0.05) is 22.3 Å². The first-order valence-electron chi connectivity index (χ1n) is 5.70. The summed E-state index contributed by atoms with van der Waals surface area (Å²) in [6, 6.07) is 2.18. The average Bonchev–Trinajstić information content (AvgIpc) is 2.40. The molecule has 0 saturated heterocycles. The number of pyridine rings is 1. The van der Waals surface area contributed by atoms with Gasteiger partial charge in [-0.2, -0.15) is 26.3 Å². The lowest BCUT2D eigenvalue weighted by Crippen LogP contribution is -2.14. The number of rotatable bonds is 1. The summed E-state index contributed by atoms with van der Waals surface area (Å²) in [4.78, 5) is 3.03. The Bertz CT molecular complexity index is 755. The van der Waals surface area contributed by atoms with Crippen molar-refractivity contribution in [1.29, 1.82) is 0 Å². The number of hydrogen-bond donors (Lipinski definition) is 0. The van der Waals surface area contributed by atoms with Crippen molar-refractivity contribution in [2.45, 2.75) is 12.4 Å². The van der Waals surface area contributed by atoms with E-state index < -0.39 is 29.2 Å². The first kappa shape index (κ1) is 18.2. The average molecular weight is 395 g/mol. The molecule has 0 bridgehead atoms. The summed E-state index contributed by atoms with van der Waals surface area (Å²) in [5.41, 5.74) is -4.13. The second-order valence-corrected chi connectivity index (χ2v) is 5.58. The quantitative estimate of drug-likeness (QED) is 0.385. The fourth-order valence-electron chi connectivity index (χ4n) is 1.81. The number of hydrogen-bond acceptors (Lipinski definition) is 1. The maximum Gasteiger partial charge on any atom is 0.433 e. The molecule has 0 spiro atoms. The van der Waals surface area contributed by atoms with Gasteiger partial charge in [0.25, 0.3) is 0 Å². The Morgan fingerprint density at radius 3 is 1.91 bits per heavy atom. The van der Waals surface area contributed by atoms with Gasteiger partial charge in [-0.05, 0) is 18.2 Å². The van der Waals surface area contributed by atoms with E-state index in [0.29, 0.717) is 6.20 Å². The Morgan fingerprint density at radius 1 is 0.783 bits per heavy atom. The molecule has 0 saturated carbocycles. The maximum absolute atomic E-state index is 13.1. The molecule has 1 nitrogen and oxygen atoms in total. The molecule has 124 valence electrons. The van der Waals surface area contributed by atoms with Gasteiger partial charge in [0.1, 0.15) is 5.69 Å². The Labute approximate surface area is 140 Å². The Balaban J connectivity index is 2.78. The van der Waals surface area contributed by atoms with E-state index in [1.807, 2.05) is 0 Å². The predicted octanol–water partition coefficient (Wildman–Crippen LogP) is 6.75. The van der Waals surface area contributed by atoms with E-state index in [1.165, 1.54) is 6.07 Å². The van der Waals surface area contributed by atoms with Crippen LogP contribution in [0.4, 0.5) is 26.3 Å². The van der Waals surface area contributed by atoms with Gasteiger partial charge in [-0.3, -0.25) is 4.98 Å². The molecule has 0 N–H and O–H groups in total. The summed E-state index contributed by atoms with van der Waals surface area (Å²) >= 11 is 17.3. The van der Waals surface area contributed by atoms with Crippen molar-refractivity contribution in [3.8, 4) is 11.1 Å². The summed E-state index contributed by atoms with van der Waals surface area (Å²) in [5.74, 6) is 0. The van der Waals surface area contributed by atoms with Crippen LogP contribution in [-0.2, 0) is 12.4 Å². The van der Waals surface area contributed by atoms with Crippen molar-refractivity contribution in [1.82, 2.24) is 4.98 Å².